The van der Waals surface area contributed by atoms with E-state index >= 15 is 0 Å². The van der Waals surface area contributed by atoms with Gasteiger partial charge in [0.2, 0.25) is 0 Å². The Hall–Kier alpha value is -2.89. The second kappa shape index (κ2) is 10.6. The third kappa shape index (κ3) is 5.34. The molecule has 0 aliphatic carbocycles. The monoisotopic (exact) mass is 402 g/mol. The zero-order valence-corrected chi connectivity index (χ0v) is 17.5. The van der Waals surface area contributed by atoms with Gasteiger partial charge in [-0.3, -0.25) is 0 Å². The van der Waals surface area contributed by atoms with Gasteiger partial charge in [0, 0.05) is 5.56 Å². The topological polar surface area (TPSA) is 85.2 Å². The van der Waals surface area contributed by atoms with Crippen molar-refractivity contribution in [3.63, 3.8) is 0 Å². The van der Waals surface area contributed by atoms with E-state index in [1.807, 2.05) is 25.1 Å². The lowest BCUT2D eigenvalue weighted by Crippen LogP contribution is -2.08. The minimum Gasteiger partial charge on any atom is -0.507 e. The van der Waals surface area contributed by atoms with Crippen molar-refractivity contribution in [3.8, 4) is 23.0 Å². The molecule has 1 atom stereocenters. The lowest BCUT2D eigenvalue weighted by molar-refractivity contribution is 0.0693. The van der Waals surface area contributed by atoms with Gasteiger partial charge in [0.15, 0.2) is 11.5 Å². The lowest BCUT2D eigenvalue weighted by atomic mass is 9.93. The zero-order chi connectivity index (χ0) is 21.4. The molecule has 2 aromatic rings. The van der Waals surface area contributed by atoms with E-state index in [4.69, 9.17) is 14.2 Å². The predicted octanol–water partition coefficient (Wildman–Crippen LogP) is 5.02. The molecule has 6 heteroatoms. The van der Waals surface area contributed by atoms with Gasteiger partial charge in [0.05, 0.1) is 20.8 Å². The van der Waals surface area contributed by atoms with Crippen molar-refractivity contribution in [1.82, 2.24) is 0 Å². The molecule has 29 heavy (non-hydrogen) atoms. The van der Waals surface area contributed by atoms with Crippen LogP contribution < -0.4 is 14.2 Å². The molecule has 0 aliphatic rings. The smallest absolute Gasteiger partial charge is 0.339 e. The molecule has 0 heterocycles. The molecule has 0 fully saturated rings. The fourth-order valence-corrected chi connectivity index (χ4v) is 3.44. The van der Waals surface area contributed by atoms with Crippen LogP contribution in [0.2, 0.25) is 0 Å². The van der Waals surface area contributed by atoms with Gasteiger partial charge in [-0.15, -0.1) is 0 Å². The number of aromatic carboxylic acids is 1. The molecule has 0 aliphatic heterocycles. The number of aromatic hydroxyl groups is 1. The summed E-state index contributed by atoms with van der Waals surface area (Å²) in [7, 11) is 3.23. The Labute approximate surface area is 172 Å². The van der Waals surface area contributed by atoms with E-state index in [0.717, 1.165) is 24.8 Å². The summed E-state index contributed by atoms with van der Waals surface area (Å²) in [4.78, 5) is 11.3. The summed E-state index contributed by atoms with van der Waals surface area (Å²) in [5, 5.41) is 19.5. The number of rotatable bonds is 11. The Morgan fingerprint density at radius 3 is 2.31 bits per heavy atom. The maximum absolute atomic E-state index is 11.3. The molecule has 1 unspecified atom stereocenters. The Bertz CT molecular complexity index is 830. The number of carboxylic acids is 1. The van der Waals surface area contributed by atoms with E-state index in [1.54, 1.807) is 20.3 Å². The van der Waals surface area contributed by atoms with Gasteiger partial charge in [0.25, 0.3) is 0 Å². The molecule has 0 spiro atoms. The molecule has 6 nitrogen and oxygen atoms in total. The summed E-state index contributed by atoms with van der Waals surface area (Å²) in [6.07, 6.45) is 3.04. The quantitative estimate of drug-likeness (QED) is 0.549. The maximum Gasteiger partial charge on any atom is 0.339 e. The van der Waals surface area contributed by atoms with Gasteiger partial charge in [-0.1, -0.05) is 26.3 Å². The lowest BCUT2D eigenvalue weighted by Gasteiger charge is -2.19. The molecule has 0 bridgehead atoms. The highest BCUT2D eigenvalue weighted by Crippen LogP contribution is 2.35. The SMILES string of the molecule is CCCc1c(OCCC(CC)c2ccc(OC)c(OC)c2)ccc(C(=O)O)c1O. The van der Waals surface area contributed by atoms with Crippen molar-refractivity contribution < 1.29 is 29.2 Å². The number of benzene rings is 2. The van der Waals surface area contributed by atoms with Gasteiger partial charge in [-0.05, 0) is 55.0 Å². The zero-order valence-electron chi connectivity index (χ0n) is 17.5. The predicted molar refractivity (Wildman–Crippen MR) is 112 cm³/mol. The van der Waals surface area contributed by atoms with Crippen molar-refractivity contribution >= 4 is 5.97 Å². The van der Waals surface area contributed by atoms with Crippen LogP contribution in [0, 0.1) is 0 Å². The first-order chi connectivity index (χ1) is 14.0. The molecule has 0 amide bonds. The Balaban J connectivity index is 2.13. The van der Waals surface area contributed by atoms with E-state index in [9.17, 15) is 15.0 Å². The summed E-state index contributed by atoms with van der Waals surface area (Å²) in [6, 6.07) is 8.94. The number of carbonyl (C=O) groups is 1. The van der Waals surface area contributed by atoms with E-state index < -0.39 is 5.97 Å². The van der Waals surface area contributed by atoms with Gasteiger partial charge in [0.1, 0.15) is 17.1 Å². The largest absolute Gasteiger partial charge is 0.507 e. The van der Waals surface area contributed by atoms with Crippen molar-refractivity contribution in [2.24, 2.45) is 0 Å². The molecule has 0 saturated heterocycles. The fourth-order valence-electron chi connectivity index (χ4n) is 3.44. The van der Waals surface area contributed by atoms with Crippen LogP contribution in [-0.2, 0) is 6.42 Å². The first-order valence-electron chi connectivity index (χ1n) is 9.89. The third-order valence-electron chi connectivity index (χ3n) is 5.07. The van der Waals surface area contributed by atoms with E-state index in [1.165, 1.54) is 6.07 Å². The van der Waals surface area contributed by atoms with Crippen LogP contribution in [0.4, 0.5) is 0 Å². The molecular formula is C23H30O6. The number of methoxy groups -OCH3 is 2. The summed E-state index contributed by atoms with van der Waals surface area (Å²) >= 11 is 0. The second-order valence-electron chi connectivity index (χ2n) is 6.85. The molecule has 0 radical (unpaired) electrons. The molecule has 0 saturated carbocycles. The first kappa shape index (κ1) is 22.4. The molecular weight excluding hydrogens is 372 g/mol. The first-order valence-corrected chi connectivity index (χ1v) is 9.89. The number of ether oxygens (including phenoxy) is 3. The average Bonchev–Trinajstić information content (AvgIpc) is 2.72. The highest BCUT2D eigenvalue weighted by atomic mass is 16.5. The summed E-state index contributed by atoms with van der Waals surface area (Å²) in [6.45, 7) is 4.55. The Kier molecular flexibility index (Phi) is 8.19. The van der Waals surface area contributed by atoms with Gasteiger partial charge >= 0.3 is 5.97 Å². The van der Waals surface area contributed by atoms with Crippen molar-refractivity contribution in [1.29, 1.82) is 0 Å². The third-order valence-corrected chi connectivity index (χ3v) is 5.07. The number of hydrogen-bond donors (Lipinski definition) is 2. The van der Waals surface area contributed by atoms with Crippen LogP contribution in [0.3, 0.4) is 0 Å². The van der Waals surface area contributed by atoms with Crippen LogP contribution in [0.15, 0.2) is 30.3 Å². The van der Waals surface area contributed by atoms with Gasteiger partial charge in [-0.2, -0.15) is 0 Å². The highest BCUT2D eigenvalue weighted by Gasteiger charge is 2.18. The van der Waals surface area contributed by atoms with Crippen molar-refractivity contribution in [2.45, 2.75) is 45.4 Å². The number of phenols is 1. The normalized spacial score (nSPS) is 11.7. The Morgan fingerprint density at radius 1 is 1.03 bits per heavy atom. The van der Waals surface area contributed by atoms with Crippen LogP contribution in [0.25, 0.3) is 0 Å². The minimum absolute atomic E-state index is 0.0995. The maximum atomic E-state index is 11.3. The fraction of sp³-hybridized carbons (Fsp3) is 0.435. The second-order valence-corrected chi connectivity index (χ2v) is 6.85. The molecule has 2 rings (SSSR count). The van der Waals surface area contributed by atoms with Crippen LogP contribution in [0.5, 0.6) is 23.0 Å². The van der Waals surface area contributed by atoms with E-state index in [2.05, 4.69) is 6.92 Å². The summed E-state index contributed by atoms with van der Waals surface area (Å²) < 4.78 is 16.7. The Morgan fingerprint density at radius 2 is 1.72 bits per heavy atom. The molecule has 2 N–H and O–H groups in total. The standard InChI is InChI=1S/C23H30O6/c1-5-7-17-19(11-9-18(22(17)24)23(25)26)29-13-12-15(6-2)16-8-10-20(27-3)21(14-16)28-4/h8-11,14-15,24H,5-7,12-13H2,1-4H3,(H,25,26). The van der Waals surface area contributed by atoms with Crippen molar-refractivity contribution in [3.05, 3.63) is 47.0 Å². The van der Waals surface area contributed by atoms with Crippen LogP contribution in [-0.4, -0.2) is 37.0 Å². The number of hydrogen-bond acceptors (Lipinski definition) is 5. The average molecular weight is 402 g/mol. The van der Waals surface area contributed by atoms with E-state index in [0.29, 0.717) is 35.8 Å². The molecule has 0 aromatic heterocycles. The molecule has 158 valence electrons. The minimum atomic E-state index is -1.15. The van der Waals surface area contributed by atoms with Gasteiger partial charge in [-0.25, -0.2) is 4.79 Å². The van der Waals surface area contributed by atoms with Crippen LogP contribution >= 0.6 is 0 Å². The van der Waals surface area contributed by atoms with Crippen LogP contribution in [0.1, 0.15) is 60.5 Å². The summed E-state index contributed by atoms with van der Waals surface area (Å²) in [5.41, 5.74) is 1.59. The summed E-state index contributed by atoms with van der Waals surface area (Å²) in [5.74, 6) is 0.854. The van der Waals surface area contributed by atoms with Gasteiger partial charge < -0.3 is 24.4 Å². The molecule has 2 aromatic carbocycles. The van der Waals surface area contributed by atoms with E-state index in [-0.39, 0.29) is 17.2 Å². The van der Waals surface area contributed by atoms with Crippen molar-refractivity contribution in [2.75, 3.05) is 20.8 Å². The highest BCUT2D eigenvalue weighted by molar-refractivity contribution is 5.91. The number of carboxylic acid groups (broad SMARTS) is 1.